The van der Waals surface area contributed by atoms with Gasteiger partial charge in [0.15, 0.2) is 6.61 Å². The van der Waals surface area contributed by atoms with Crippen LogP contribution < -0.4 is 15.4 Å². The van der Waals surface area contributed by atoms with Crippen molar-refractivity contribution in [1.82, 2.24) is 15.3 Å². The van der Waals surface area contributed by atoms with E-state index in [4.69, 9.17) is 4.74 Å². The average molecular weight is 272 g/mol. The Kier molecular flexibility index (Phi) is 3.08. The number of H-pyrrole nitrogens is 1. The third-order valence-electron chi connectivity index (χ3n) is 2.85. The molecule has 3 rings (SSSR count). The molecular formula is C13H12N4O3. The van der Waals surface area contributed by atoms with Crippen molar-refractivity contribution in [2.75, 3.05) is 11.9 Å². The van der Waals surface area contributed by atoms with Crippen molar-refractivity contribution in [3.05, 3.63) is 42.0 Å². The number of amides is 2. The van der Waals surface area contributed by atoms with Gasteiger partial charge in [-0.15, -0.1) is 0 Å². The van der Waals surface area contributed by atoms with Gasteiger partial charge in [0.1, 0.15) is 11.6 Å². The summed E-state index contributed by atoms with van der Waals surface area (Å²) in [4.78, 5) is 30.2. The van der Waals surface area contributed by atoms with Crippen LogP contribution in [0.15, 0.2) is 30.6 Å². The van der Waals surface area contributed by atoms with E-state index in [1.165, 1.54) is 0 Å². The summed E-state index contributed by atoms with van der Waals surface area (Å²) < 4.78 is 5.23. The highest BCUT2D eigenvalue weighted by molar-refractivity contribution is 5.99. The van der Waals surface area contributed by atoms with E-state index < -0.39 is 0 Å². The molecule has 0 saturated carbocycles. The number of aromatic amines is 1. The number of ether oxygens (including phenoxy) is 1. The Hall–Kier alpha value is -2.83. The summed E-state index contributed by atoms with van der Waals surface area (Å²) in [6.45, 7) is 0.308. The van der Waals surface area contributed by atoms with Crippen LogP contribution in [0.4, 0.5) is 5.69 Å². The van der Waals surface area contributed by atoms with E-state index in [1.54, 1.807) is 30.6 Å². The van der Waals surface area contributed by atoms with Crippen molar-refractivity contribution in [1.29, 1.82) is 0 Å². The molecule has 2 heterocycles. The molecule has 102 valence electrons. The molecule has 1 aromatic heterocycles. The Labute approximate surface area is 114 Å². The molecule has 20 heavy (non-hydrogen) atoms. The minimum absolute atomic E-state index is 0.00294. The monoisotopic (exact) mass is 272 g/mol. The SMILES string of the molecule is O=C1COc2ccc(C(=O)NCc3ncc[nH]3)cc2N1. The van der Waals surface area contributed by atoms with Gasteiger partial charge in [0.2, 0.25) is 0 Å². The van der Waals surface area contributed by atoms with Crippen LogP contribution in [0.5, 0.6) is 5.75 Å². The molecule has 0 unspecified atom stereocenters. The lowest BCUT2D eigenvalue weighted by molar-refractivity contribution is -0.118. The Morgan fingerprint density at radius 3 is 3.15 bits per heavy atom. The molecule has 7 nitrogen and oxygen atoms in total. The van der Waals surface area contributed by atoms with Crippen molar-refractivity contribution in [3.63, 3.8) is 0 Å². The van der Waals surface area contributed by atoms with E-state index >= 15 is 0 Å². The van der Waals surface area contributed by atoms with Crippen molar-refractivity contribution in [2.24, 2.45) is 0 Å². The average Bonchev–Trinajstić information content (AvgIpc) is 2.97. The number of fused-ring (bicyclic) bond motifs is 1. The zero-order chi connectivity index (χ0) is 13.9. The summed E-state index contributed by atoms with van der Waals surface area (Å²) in [5.74, 6) is 0.759. The Balaban J connectivity index is 1.72. The fourth-order valence-corrected chi connectivity index (χ4v) is 1.89. The van der Waals surface area contributed by atoms with Crippen molar-refractivity contribution >= 4 is 17.5 Å². The van der Waals surface area contributed by atoms with Crippen LogP contribution in [-0.2, 0) is 11.3 Å². The third kappa shape index (κ3) is 2.46. The molecule has 2 aromatic rings. The molecule has 1 aromatic carbocycles. The summed E-state index contributed by atoms with van der Waals surface area (Å²) in [6.07, 6.45) is 3.31. The maximum Gasteiger partial charge on any atom is 0.262 e. The van der Waals surface area contributed by atoms with E-state index in [0.717, 1.165) is 0 Å². The molecule has 0 fully saturated rings. The van der Waals surface area contributed by atoms with Gasteiger partial charge < -0.3 is 20.4 Å². The zero-order valence-corrected chi connectivity index (χ0v) is 10.5. The lowest BCUT2D eigenvalue weighted by atomic mass is 10.1. The Bertz CT molecular complexity index is 652. The second-order valence-corrected chi connectivity index (χ2v) is 4.27. The lowest BCUT2D eigenvalue weighted by Gasteiger charge is -2.18. The molecule has 0 bridgehead atoms. The third-order valence-corrected chi connectivity index (χ3v) is 2.85. The first kappa shape index (κ1) is 12.2. The fraction of sp³-hybridized carbons (Fsp3) is 0.154. The van der Waals surface area contributed by atoms with Crippen molar-refractivity contribution < 1.29 is 14.3 Å². The molecule has 0 aliphatic carbocycles. The van der Waals surface area contributed by atoms with E-state index in [2.05, 4.69) is 20.6 Å². The maximum absolute atomic E-state index is 12.0. The van der Waals surface area contributed by atoms with Gasteiger partial charge >= 0.3 is 0 Å². The van der Waals surface area contributed by atoms with Gasteiger partial charge in [-0.1, -0.05) is 0 Å². The quantitative estimate of drug-likeness (QED) is 0.765. The van der Waals surface area contributed by atoms with Crippen LogP contribution in [0.2, 0.25) is 0 Å². The topological polar surface area (TPSA) is 96.1 Å². The summed E-state index contributed by atoms with van der Waals surface area (Å²) in [5.41, 5.74) is 0.952. The van der Waals surface area contributed by atoms with Crippen molar-refractivity contribution in [2.45, 2.75) is 6.54 Å². The second kappa shape index (κ2) is 5.04. The summed E-state index contributed by atoms with van der Waals surface area (Å²) in [5, 5.41) is 5.40. The number of carbonyl (C=O) groups is 2. The highest BCUT2D eigenvalue weighted by Gasteiger charge is 2.17. The number of benzene rings is 1. The molecule has 1 aliphatic rings. The van der Waals surface area contributed by atoms with Crippen LogP contribution in [0.1, 0.15) is 16.2 Å². The summed E-state index contributed by atoms with van der Waals surface area (Å²) in [6, 6.07) is 4.90. The Morgan fingerprint density at radius 1 is 1.45 bits per heavy atom. The number of imidazole rings is 1. The number of aromatic nitrogens is 2. The summed E-state index contributed by atoms with van der Waals surface area (Å²) in [7, 11) is 0. The molecule has 1 aliphatic heterocycles. The second-order valence-electron chi connectivity index (χ2n) is 4.27. The number of anilines is 1. The van der Waals surface area contributed by atoms with Crippen LogP contribution in [0.3, 0.4) is 0 Å². The molecule has 0 radical (unpaired) electrons. The minimum Gasteiger partial charge on any atom is -0.482 e. The minimum atomic E-state index is -0.246. The highest BCUT2D eigenvalue weighted by Crippen LogP contribution is 2.28. The first-order valence-electron chi connectivity index (χ1n) is 6.05. The van der Waals surface area contributed by atoms with E-state index in [0.29, 0.717) is 29.4 Å². The molecule has 7 heteroatoms. The van der Waals surface area contributed by atoms with E-state index in [9.17, 15) is 9.59 Å². The number of hydrogen-bond acceptors (Lipinski definition) is 4. The number of carbonyl (C=O) groups excluding carboxylic acids is 2. The number of nitrogens with zero attached hydrogens (tertiary/aromatic N) is 1. The number of hydrogen-bond donors (Lipinski definition) is 3. The zero-order valence-electron chi connectivity index (χ0n) is 10.5. The van der Waals surface area contributed by atoms with Crippen molar-refractivity contribution in [3.8, 4) is 5.75 Å². The molecule has 0 spiro atoms. The van der Waals surface area contributed by atoms with Gasteiger partial charge in [-0.25, -0.2) is 4.98 Å². The number of nitrogens with one attached hydrogen (secondary N) is 3. The van der Waals surface area contributed by atoms with E-state index in [-0.39, 0.29) is 18.4 Å². The highest BCUT2D eigenvalue weighted by atomic mass is 16.5. The van der Waals surface area contributed by atoms with Gasteiger partial charge in [0, 0.05) is 18.0 Å². The van der Waals surface area contributed by atoms with Gasteiger partial charge in [0.25, 0.3) is 11.8 Å². The van der Waals surface area contributed by atoms with Gasteiger partial charge in [-0.2, -0.15) is 0 Å². The normalized spacial score (nSPS) is 13.1. The van der Waals surface area contributed by atoms with Gasteiger partial charge in [-0.05, 0) is 18.2 Å². The van der Waals surface area contributed by atoms with Crippen LogP contribution in [0, 0.1) is 0 Å². The van der Waals surface area contributed by atoms with Gasteiger partial charge in [-0.3, -0.25) is 9.59 Å². The predicted octanol–water partition coefficient (Wildman–Crippen LogP) is 0.671. The first-order chi connectivity index (χ1) is 9.72. The van der Waals surface area contributed by atoms with Crippen LogP contribution in [0.25, 0.3) is 0 Å². The van der Waals surface area contributed by atoms with Crippen LogP contribution >= 0.6 is 0 Å². The van der Waals surface area contributed by atoms with Crippen LogP contribution in [-0.4, -0.2) is 28.4 Å². The largest absolute Gasteiger partial charge is 0.482 e. The van der Waals surface area contributed by atoms with Gasteiger partial charge in [0.05, 0.1) is 12.2 Å². The standard InChI is InChI=1S/C13H12N4O3/c18-12-7-20-10-2-1-8(5-9(10)17-12)13(19)16-6-11-14-3-4-15-11/h1-5H,6-7H2,(H,14,15)(H,16,19)(H,17,18). The predicted molar refractivity (Wildman–Crippen MR) is 70.3 cm³/mol. The number of rotatable bonds is 3. The summed E-state index contributed by atoms with van der Waals surface area (Å²) >= 11 is 0. The molecular weight excluding hydrogens is 260 g/mol. The van der Waals surface area contributed by atoms with E-state index in [1.807, 2.05) is 0 Å². The maximum atomic E-state index is 12.0. The molecule has 0 atom stereocenters. The lowest BCUT2D eigenvalue weighted by Crippen LogP contribution is -2.27. The Morgan fingerprint density at radius 2 is 2.35 bits per heavy atom. The fourth-order valence-electron chi connectivity index (χ4n) is 1.89. The molecule has 2 amide bonds. The smallest absolute Gasteiger partial charge is 0.262 e. The first-order valence-corrected chi connectivity index (χ1v) is 6.05. The molecule has 0 saturated heterocycles. The molecule has 3 N–H and O–H groups in total.